The molecule has 2 aromatic rings. The predicted octanol–water partition coefficient (Wildman–Crippen LogP) is 1.68. The van der Waals surface area contributed by atoms with Crippen LogP contribution in [0.2, 0.25) is 0 Å². The van der Waals surface area contributed by atoms with E-state index in [9.17, 15) is 4.79 Å². The Morgan fingerprint density at radius 1 is 1.53 bits per heavy atom. The van der Waals surface area contributed by atoms with Crippen LogP contribution < -0.4 is 0 Å². The largest absolute Gasteiger partial charge is 0.334 e. The van der Waals surface area contributed by atoms with Crippen molar-refractivity contribution in [2.45, 2.75) is 6.54 Å². The van der Waals surface area contributed by atoms with Crippen LogP contribution in [0.25, 0.3) is 0 Å². The average molecular weight is 342 g/mol. The zero-order valence-corrected chi connectivity index (χ0v) is 11.4. The van der Waals surface area contributed by atoms with Crippen molar-refractivity contribution in [2.75, 3.05) is 7.05 Å². The summed E-state index contributed by atoms with van der Waals surface area (Å²) < 4.78 is 1.04. The second kappa shape index (κ2) is 5.26. The van der Waals surface area contributed by atoms with E-state index in [0.717, 1.165) is 3.57 Å². The highest BCUT2D eigenvalue weighted by Gasteiger charge is 2.13. The number of hydrogen-bond donors (Lipinski definition) is 1. The second-order valence-electron chi connectivity index (χ2n) is 3.60. The smallest absolute Gasteiger partial charge is 0.254 e. The number of carbonyl (C=O) groups excluding carboxylic acids is 1. The Balaban J connectivity index is 2.09. The fraction of sp³-hybridized carbons (Fsp3) is 0.182. The van der Waals surface area contributed by atoms with E-state index < -0.39 is 0 Å². The number of benzene rings is 1. The van der Waals surface area contributed by atoms with E-state index in [0.29, 0.717) is 17.9 Å². The Hall–Kier alpha value is -1.44. The summed E-state index contributed by atoms with van der Waals surface area (Å²) in [5.74, 6) is 0.645. The van der Waals surface area contributed by atoms with Crippen LogP contribution in [-0.2, 0) is 6.54 Å². The van der Waals surface area contributed by atoms with Gasteiger partial charge < -0.3 is 4.90 Å². The van der Waals surface area contributed by atoms with Gasteiger partial charge in [-0.25, -0.2) is 4.98 Å². The number of hydrogen-bond acceptors (Lipinski definition) is 3. The summed E-state index contributed by atoms with van der Waals surface area (Å²) in [5.41, 5.74) is 0.680. The van der Waals surface area contributed by atoms with Crippen molar-refractivity contribution < 1.29 is 4.79 Å². The lowest BCUT2D eigenvalue weighted by Gasteiger charge is -2.15. The minimum Gasteiger partial charge on any atom is -0.334 e. The van der Waals surface area contributed by atoms with Crippen LogP contribution in [0.15, 0.2) is 30.6 Å². The van der Waals surface area contributed by atoms with Crippen LogP contribution >= 0.6 is 22.6 Å². The summed E-state index contributed by atoms with van der Waals surface area (Å²) in [6.07, 6.45) is 1.43. The molecule has 1 aromatic heterocycles. The molecule has 0 atom stereocenters. The number of halogens is 1. The first-order chi connectivity index (χ1) is 8.16. The minimum absolute atomic E-state index is 0.0279. The first-order valence-electron chi connectivity index (χ1n) is 5.02. The number of H-pyrrole nitrogens is 1. The first-order valence-corrected chi connectivity index (χ1v) is 6.10. The number of rotatable bonds is 3. The van der Waals surface area contributed by atoms with Crippen LogP contribution in [0, 0.1) is 3.57 Å². The fourth-order valence-corrected chi connectivity index (χ4v) is 1.99. The minimum atomic E-state index is -0.0279. The average Bonchev–Trinajstić information content (AvgIpc) is 2.80. The summed E-state index contributed by atoms with van der Waals surface area (Å²) in [7, 11) is 1.74. The molecule has 1 heterocycles. The molecule has 0 radical (unpaired) electrons. The molecule has 0 fully saturated rings. The summed E-state index contributed by atoms with van der Waals surface area (Å²) in [6.45, 7) is 0.421. The van der Waals surface area contributed by atoms with Crippen LogP contribution in [0.4, 0.5) is 0 Å². The predicted molar refractivity (Wildman–Crippen MR) is 71.3 cm³/mol. The van der Waals surface area contributed by atoms with Gasteiger partial charge in [0.15, 0.2) is 0 Å². The molecule has 2 rings (SSSR count). The Bertz CT molecular complexity index is 512. The van der Waals surface area contributed by atoms with Gasteiger partial charge in [-0.2, -0.15) is 5.10 Å². The Labute approximate surface area is 112 Å². The summed E-state index contributed by atoms with van der Waals surface area (Å²) in [4.78, 5) is 17.7. The van der Waals surface area contributed by atoms with Crippen molar-refractivity contribution >= 4 is 28.5 Å². The van der Waals surface area contributed by atoms with Crippen LogP contribution in [0.5, 0.6) is 0 Å². The molecule has 0 aliphatic carbocycles. The molecule has 17 heavy (non-hydrogen) atoms. The molecular weight excluding hydrogens is 331 g/mol. The number of nitrogens with one attached hydrogen (secondary N) is 1. The molecule has 0 spiro atoms. The Kier molecular flexibility index (Phi) is 3.72. The highest BCUT2D eigenvalue weighted by molar-refractivity contribution is 14.1. The van der Waals surface area contributed by atoms with E-state index in [-0.39, 0.29) is 5.91 Å². The van der Waals surface area contributed by atoms with Crippen molar-refractivity contribution in [1.29, 1.82) is 0 Å². The van der Waals surface area contributed by atoms with Gasteiger partial charge in [-0.1, -0.05) is 6.07 Å². The van der Waals surface area contributed by atoms with Gasteiger partial charge in [0.1, 0.15) is 12.2 Å². The van der Waals surface area contributed by atoms with Gasteiger partial charge in [-0.15, -0.1) is 0 Å². The standard InChI is InChI=1S/C11H11IN4O/c1-16(6-10-13-7-14-15-10)11(17)8-3-2-4-9(12)5-8/h2-5,7H,6H2,1H3,(H,13,14,15). The SMILES string of the molecule is CN(Cc1ncn[nH]1)C(=O)c1cccc(I)c1. The van der Waals surface area contributed by atoms with Crippen molar-refractivity contribution in [3.8, 4) is 0 Å². The molecule has 5 nitrogen and oxygen atoms in total. The number of aromatic amines is 1. The lowest BCUT2D eigenvalue weighted by Crippen LogP contribution is -2.26. The number of aromatic nitrogens is 3. The number of amides is 1. The van der Waals surface area contributed by atoms with Gasteiger partial charge in [0.2, 0.25) is 0 Å². The maximum Gasteiger partial charge on any atom is 0.254 e. The Morgan fingerprint density at radius 2 is 2.35 bits per heavy atom. The maximum atomic E-state index is 12.1. The fourth-order valence-electron chi connectivity index (χ4n) is 1.45. The molecule has 0 aliphatic rings. The molecule has 1 amide bonds. The maximum absolute atomic E-state index is 12.1. The van der Waals surface area contributed by atoms with Gasteiger partial charge in [0.05, 0.1) is 6.54 Å². The van der Waals surface area contributed by atoms with Crippen LogP contribution in [-0.4, -0.2) is 33.0 Å². The third-order valence-corrected chi connectivity index (χ3v) is 2.94. The molecule has 1 aromatic carbocycles. The number of carbonyl (C=O) groups is 1. The van der Waals surface area contributed by atoms with Crippen molar-refractivity contribution in [3.05, 3.63) is 45.6 Å². The van der Waals surface area contributed by atoms with Crippen molar-refractivity contribution in [3.63, 3.8) is 0 Å². The van der Waals surface area contributed by atoms with Gasteiger partial charge in [-0.3, -0.25) is 9.89 Å². The van der Waals surface area contributed by atoms with Gasteiger partial charge in [0, 0.05) is 16.2 Å². The van der Waals surface area contributed by atoms with Crippen LogP contribution in [0.1, 0.15) is 16.2 Å². The van der Waals surface area contributed by atoms with E-state index in [1.165, 1.54) is 6.33 Å². The molecule has 0 saturated heterocycles. The molecule has 88 valence electrons. The molecule has 0 unspecified atom stereocenters. The van der Waals surface area contributed by atoms with Crippen molar-refractivity contribution in [1.82, 2.24) is 20.1 Å². The van der Waals surface area contributed by atoms with Gasteiger partial charge >= 0.3 is 0 Å². The van der Waals surface area contributed by atoms with E-state index >= 15 is 0 Å². The Morgan fingerprint density at radius 3 is 3.00 bits per heavy atom. The topological polar surface area (TPSA) is 61.9 Å². The first kappa shape index (κ1) is 12.0. The van der Waals surface area contributed by atoms with E-state index in [1.54, 1.807) is 18.0 Å². The highest BCUT2D eigenvalue weighted by Crippen LogP contribution is 2.10. The van der Waals surface area contributed by atoms with Gasteiger partial charge in [-0.05, 0) is 40.8 Å². The zero-order chi connectivity index (χ0) is 12.3. The highest BCUT2D eigenvalue weighted by atomic mass is 127. The lowest BCUT2D eigenvalue weighted by atomic mass is 10.2. The third-order valence-electron chi connectivity index (χ3n) is 2.27. The summed E-state index contributed by atoms with van der Waals surface area (Å²) in [5, 5.41) is 6.48. The quantitative estimate of drug-likeness (QED) is 0.864. The molecule has 0 bridgehead atoms. The summed E-state index contributed by atoms with van der Waals surface area (Å²) >= 11 is 2.19. The molecular formula is C11H11IN4O. The summed E-state index contributed by atoms with van der Waals surface area (Å²) in [6, 6.07) is 7.49. The lowest BCUT2D eigenvalue weighted by molar-refractivity contribution is 0.0781. The molecule has 6 heteroatoms. The van der Waals surface area contributed by atoms with E-state index in [2.05, 4.69) is 37.8 Å². The zero-order valence-electron chi connectivity index (χ0n) is 9.22. The van der Waals surface area contributed by atoms with Crippen LogP contribution in [0.3, 0.4) is 0 Å². The molecule has 0 aliphatic heterocycles. The number of nitrogens with zero attached hydrogens (tertiary/aromatic N) is 3. The monoisotopic (exact) mass is 342 g/mol. The van der Waals surface area contributed by atoms with E-state index in [4.69, 9.17) is 0 Å². The molecule has 1 N–H and O–H groups in total. The van der Waals surface area contributed by atoms with E-state index in [1.807, 2.05) is 18.2 Å². The third kappa shape index (κ3) is 3.02. The van der Waals surface area contributed by atoms with Crippen molar-refractivity contribution in [2.24, 2.45) is 0 Å². The van der Waals surface area contributed by atoms with Gasteiger partial charge in [0.25, 0.3) is 5.91 Å². The normalized spacial score (nSPS) is 10.2. The second-order valence-corrected chi connectivity index (χ2v) is 4.85. The molecule has 0 saturated carbocycles.